The van der Waals surface area contributed by atoms with Gasteiger partial charge in [-0.3, -0.25) is 9.69 Å². The van der Waals surface area contributed by atoms with E-state index in [1.54, 1.807) is 30.5 Å². The van der Waals surface area contributed by atoms with Gasteiger partial charge in [-0.25, -0.2) is 9.37 Å². The third kappa shape index (κ3) is 3.79. The minimum Gasteiger partial charge on any atom is -0.348 e. The molecule has 2 N–H and O–H groups in total. The minimum absolute atomic E-state index is 0.144. The van der Waals surface area contributed by atoms with Gasteiger partial charge in [-0.1, -0.05) is 6.07 Å². The van der Waals surface area contributed by atoms with Crippen molar-refractivity contribution in [2.75, 3.05) is 18.4 Å². The molecule has 0 bridgehead atoms. The average Bonchev–Trinajstić information content (AvgIpc) is 3.35. The summed E-state index contributed by atoms with van der Waals surface area (Å²) in [6.45, 7) is 1.97. The van der Waals surface area contributed by atoms with Gasteiger partial charge in [0.05, 0.1) is 5.56 Å². The molecule has 6 heteroatoms. The second kappa shape index (κ2) is 6.80. The number of nitrogens with zero attached hydrogens (tertiary/aromatic N) is 2. The van der Waals surface area contributed by atoms with E-state index >= 15 is 0 Å². The molecule has 1 saturated carbocycles. The number of amides is 1. The van der Waals surface area contributed by atoms with E-state index in [1.165, 1.54) is 25.0 Å². The molecule has 2 heterocycles. The van der Waals surface area contributed by atoms with Crippen LogP contribution in [-0.2, 0) is 0 Å². The zero-order valence-corrected chi connectivity index (χ0v) is 13.9. The van der Waals surface area contributed by atoms with Crippen molar-refractivity contribution < 1.29 is 9.18 Å². The molecule has 5 nitrogen and oxygen atoms in total. The maximum Gasteiger partial charge on any atom is 0.255 e. The molecule has 0 radical (unpaired) electrons. The number of hydrogen-bond donors (Lipinski definition) is 2. The number of pyridine rings is 1. The lowest BCUT2D eigenvalue weighted by Crippen LogP contribution is -2.37. The van der Waals surface area contributed by atoms with Crippen LogP contribution in [0, 0.1) is 5.82 Å². The molecule has 0 spiro atoms. The summed E-state index contributed by atoms with van der Waals surface area (Å²) in [5, 5.41) is 6.14. The maximum atomic E-state index is 13.4. The fourth-order valence-electron chi connectivity index (χ4n) is 3.33. The van der Waals surface area contributed by atoms with Crippen molar-refractivity contribution in [1.82, 2.24) is 15.2 Å². The van der Waals surface area contributed by atoms with Crippen LogP contribution in [-0.4, -0.2) is 41.0 Å². The fraction of sp³-hybridized carbons (Fsp3) is 0.368. The summed E-state index contributed by atoms with van der Waals surface area (Å²) in [5.41, 5.74) is 1.03. The molecular formula is C19H21FN4O. The highest BCUT2D eigenvalue weighted by Crippen LogP contribution is 2.30. The lowest BCUT2D eigenvalue weighted by molar-refractivity contribution is 0.0938. The van der Waals surface area contributed by atoms with Crippen molar-refractivity contribution in [1.29, 1.82) is 0 Å². The molecule has 130 valence electrons. The zero-order valence-electron chi connectivity index (χ0n) is 13.9. The van der Waals surface area contributed by atoms with Crippen molar-refractivity contribution in [3.63, 3.8) is 0 Å². The van der Waals surface area contributed by atoms with Crippen LogP contribution in [0.25, 0.3) is 0 Å². The second-order valence-corrected chi connectivity index (χ2v) is 6.72. The summed E-state index contributed by atoms with van der Waals surface area (Å²) in [5.74, 6) is -0.0460. The molecule has 25 heavy (non-hydrogen) atoms. The Balaban J connectivity index is 1.45. The molecule has 4 rings (SSSR count). The molecule has 1 amide bonds. The number of hydrogen-bond acceptors (Lipinski definition) is 4. The van der Waals surface area contributed by atoms with E-state index < -0.39 is 0 Å². The van der Waals surface area contributed by atoms with E-state index in [9.17, 15) is 9.18 Å². The zero-order chi connectivity index (χ0) is 17.2. The first kappa shape index (κ1) is 16.0. The number of likely N-dealkylation sites (tertiary alicyclic amines) is 1. The van der Waals surface area contributed by atoms with Crippen LogP contribution < -0.4 is 10.6 Å². The van der Waals surface area contributed by atoms with E-state index in [-0.39, 0.29) is 17.8 Å². The Morgan fingerprint density at radius 1 is 1.20 bits per heavy atom. The van der Waals surface area contributed by atoms with E-state index in [4.69, 9.17) is 0 Å². The number of rotatable bonds is 5. The summed E-state index contributed by atoms with van der Waals surface area (Å²) in [6.07, 6.45) is 5.16. The van der Waals surface area contributed by atoms with Gasteiger partial charge in [-0.15, -0.1) is 0 Å². The quantitative estimate of drug-likeness (QED) is 0.879. The SMILES string of the molecule is O=C(NC1CCN(C2CC2)C1)c1cccnc1Nc1cccc(F)c1. The third-order valence-corrected chi connectivity index (χ3v) is 4.76. The topological polar surface area (TPSA) is 57.3 Å². The molecule has 1 aliphatic carbocycles. The highest BCUT2D eigenvalue weighted by atomic mass is 19.1. The highest BCUT2D eigenvalue weighted by Gasteiger charge is 2.35. The Hall–Kier alpha value is -2.47. The highest BCUT2D eigenvalue weighted by molar-refractivity contribution is 5.99. The van der Waals surface area contributed by atoms with Crippen molar-refractivity contribution in [3.8, 4) is 0 Å². The molecule has 2 aliphatic rings. The van der Waals surface area contributed by atoms with E-state index in [1.807, 2.05) is 0 Å². The van der Waals surface area contributed by atoms with Gasteiger partial charge in [-0.05, 0) is 49.6 Å². The van der Waals surface area contributed by atoms with Gasteiger partial charge in [0.15, 0.2) is 0 Å². The van der Waals surface area contributed by atoms with Crippen molar-refractivity contribution in [2.45, 2.75) is 31.3 Å². The van der Waals surface area contributed by atoms with Crippen LogP contribution in [0.4, 0.5) is 15.9 Å². The largest absolute Gasteiger partial charge is 0.348 e. The van der Waals surface area contributed by atoms with Crippen LogP contribution >= 0.6 is 0 Å². The molecular weight excluding hydrogens is 319 g/mol. The van der Waals surface area contributed by atoms with Crippen LogP contribution in [0.15, 0.2) is 42.6 Å². The Morgan fingerprint density at radius 2 is 2.08 bits per heavy atom. The van der Waals surface area contributed by atoms with Gasteiger partial charge < -0.3 is 10.6 Å². The smallest absolute Gasteiger partial charge is 0.255 e. The normalized spacial score (nSPS) is 20.4. The van der Waals surface area contributed by atoms with Gasteiger partial charge in [0.25, 0.3) is 5.91 Å². The Kier molecular flexibility index (Phi) is 4.36. The molecule has 2 fully saturated rings. The van der Waals surface area contributed by atoms with E-state index in [2.05, 4.69) is 20.5 Å². The maximum absolute atomic E-state index is 13.4. The van der Waals surface area contributed by atoms with E-state index in [0.717, 1.165) is 25.6 Å². The first-order valence-electron chi connectivity index (χ1n) is 8.71. The first-order valence-corrected chi connectivity index (χ1v) is 8.71. The Bertz CT molecular complexity index is 778. The van der Waals surface area contributed by atoms with Gasteiger partial charge in [0.1, 0.15) is 11.6 Å². The fourth-order valence-corrected chi connectivity index (χ4v) is 3.33. The van der Waals surface area contributed by atoms with Crippen molar-refractivity contribution in [3.05, 3.63) is 54.0 Å². The van der Waals surface area contributed by atoms with Gasteiger partial charge >= 0.3 is 0 Å². The second-order valence-electron chi connectivity index (χ2n) is 6.72. The van der Waals surface area contributed by atoms with Crippen LogP contribution in [0.2, 0.25) is 0 Å². The summed E-state index contributed by atoms with van der Waals surface area (Å²) in [6, 6.07) is 10.5. The molecule has 1 saturated heterocycles. The average molecular weight is 340 g/mol. The summed E-state index contributed by atoms with van der Waals surface area (Å²) < 4.78 is 13.4. The van der Waals surface area contributed by atoms with Gasteiger partial charge in [0, 0.05) is 37.1 Å². The number of anilines is 2. The van der Waals surface area contributed by atoms with Crippen LogP contribution in [0.3, 0.4) is 0 Å². The summed E-state index contributed by atoms with van der Waals surface area (Å²) >= 11 is 0. The molecule has 1 aliphatic heterocycles. The van der Waals surface area contributed by atoms with Crippen molar-refractivity contribution in [2.24, 2.45) is 0 Å². The molecule has 1 unspecified atom stereocenters. The standard InChI is InChI=1S/C19H21FN4O/c20-13-3-1-4-14(11-13)22-18-17(5-2-9-21-18)19(25)23-15-8-10-24(12-15)16-6-7-16/h1-5,9,11,15-16H,6-8,10,12H2,(H,21,22)(H,23,25). The van der Waals surface area contributed by atoms with Crippen LogP contribution in [0.5, 0.6) is 0 Å². The Labute approximate surface area is 146 Å². The number of carbonyl (C=O) groups excluding carboxylic acids is 1. The lowest BCUT2D eigenvalue weighted by atomic mass is 10.2. The molecule has 1 atom stereocenters. The summed E-state index contributed by atoms with van der Waals surface area (Å²) in [7, 11) is 0. The Morgan fingerprint density at radius 3 is 2.88 bits per heavy atom. The molecule has 2 aromatic rings. The number of aromatic nitrogens is 1. The van der Waals surface area contributed by atoms with Crippen LogP contribution in [0.1, 0.15) is 29.6 Å². The lowest BCUT2D eigenvalue weighted by Gasteiger charge is -2.17. The predicted octanol–water partition coefficient (Wildman–Crippen LogP) is 2.93. The third-order valence-electron chi connectivity index (χ3n) is 4.76. The predicted molar refractivity (Wildman–Crippen MR) is 94.4 cm³/mol. The number of halogens is 1. The van der Waals surface area contributed by atoms with Crippen molar-refractivity contribution >= 4 is 17.4 Å². The number of nitrogens with one attached hydrogen (secondary N) is 2. The van der Waals surface area contributed by atoms with Gasteiger partial charge in [0.2, 0.25) is 0 Å². The summed E-state index contributed by atoms with van der Waals surface area (Å²) in [4.78, 5) is 19.4. The molecule has 1 aromatic carbocycles. The van der Waals surface area contributed by atoms with Gasteiger partial charge in [-0.2, -0.15) is 0 Å². The number of carbonyl (C=O) groups is 1. The molecule has 1 aromatic heterocycles. The van der Waals surface area contributed by atoms with E-state index in [0.29, 0.717) is 17.1 Å². The minimum atomic E-state index is -0.335. The number of benzene rings is 1. The first-order chi connectivity index (χ1) is 12.2. The monoisotopic (exact) mass is 340 g/mol.